The molecule has 0 atom stereocenters. The fraction of sp³-hybridized carbons (Fsp3) is 0.200. The van der Waals surface area contributed by atoms with E-state index in [1.165, 1.54) is 11.1 Å². The minimum atomic E-state index is 0.785. The molecular weight excluding hydrogens is 272 g/mol. The van der Waals surface area contributed by atoms with Crippen molar-refractivity contribution in [3.63, 3.8) is 0 Å². The van der Waals surface area contributed by atoms with Crippen LogP contribution in [0.4, 0.5) is 0 Å². The zero-order valence-electron chi connectivity index (χ0n) is 12.8. The first kappa shape index (κ1) is 14.5. The SMILES string of the molecule is CCCCOc1ccc(-c2ccc(-c3ccco3)cc2)cc1. The maximum Gasteiger partial charge on any atom is 0.133 e. The molecule has 0 saturated heterocycles. The molecule has 22 heavy (non-hydrogen) atoms. The fourth-order valence-corrected chi connectivity index (χ4v) is 2.35. The van der Waals surface area contributed by atoms with Gasteiger partial charge < -0.3 is 9.15 Å². The lowest BCUT2D eigenvalue weighted by atomic mass is 10.0. The largest absolute Gasteiger partial charge is 0.494 e. The number of benzene rings is 2. The standard InChI is InChI=1S/C20H20O2/c1-2-3-14-21-19-12-10-17(11-13-19)16-6-8-18(9-7-16)20-5-4-15-22-20/h4-13,15H,2-3,14H2,1H3. The summed E-state index contributed by atoms with van der Waals surface area (Å²) in [4.78, 5) is 0. The monoisotopic (exact) mass is 292 g/mol. The minimum absolute atomic E-state index is 0.785. The number of ether oxygens (including phenoxy) is 1. The molecule has 2 aromatic carbocycles. The van der Waals surface area contributed by atoms with Crippen LogP contribution >= 0.6 is 0 Å². The van der Waals surface area contributed by atoms with E-state index >= 15 is 0 Å². The van der Waals surface area contributed by atoms with Crippen LogP contribution in [-0.4, -0.2) is 6.61 Å². The molecule has 0 saturated carbocycles. The van der Waals surface area contributed by atoms with Crippen molar-refractivity contribution in [1.29, 1.82) is 0 Å². The van der Waals surface area contributed by atoms with Crippen LogP contribution in [0.2, 0.25) is 0 Å². The second-order valence-electron chi connectivity index (χ2n) is 5.28. The van der Waals surface area contributed by atoms with Crippen molar-refractivity contribution in [3.8, 4) is 28.2 Å². The summed E-state index contributed by atoms with van der Waals surface area (Å²) in [6, 6.07) is 20.5. The smallest absolute Gasteiger partial charge is 0.133 e. The summed E-state index contributed by atoms with van der Waals surface area (Å²) in [6.07, 6.45) is 3.94. The van der Waals surface area contributed by atoms with Gasteiger partial charge in [0, 0.05) is 5.56 Å². The van der Waals surface area contributed by atoms with E-state index in [1.807, 2.05) is 24.3 Å². The minimum Gasteiger partial charge on any atom is -0.494 e. The molecule has 0 N–H and O–H groups in total. The van der Waals surface area contributed by atoms with E-state index in [9.17, 15) is 0 Å². The Labute approximate surface area is 131 Å². The van der Waals surface area contributed by atoms with Crippen molar-refractivity contribution in [2.45, 2.75) is 19.8 Å². The average molecular weight is 292 g/mol. The van der Waals surface area contributed by atoms with Crippen LogP contribution in [0.25, 0.3) is 22.5 Å². The van der Waals surface area contributed by atoms with Gasteiger partial charge in [0.05, 0.1) is 12.9 Å². The maximum absolute atomic E-state index is 5.69. The van der Waals surface area contributed by atoms with Crippen molar-refractivity contribution in [2.75, 3.05) is 6.61 Å². The van der Waals surface area contributed by atoms with E-state index in [-0.39, 0.29) is 0 Å². The van der Waals surface area contributed by atoms with Gasteiger partial charge in [-0.05, 0) is 41.8 Å². The molecular formula is C20H20O2. The lowest BCUT2D eigenvalue weighted by molar-refractivity contribution is 0.309. The highest BCUT2D eigenvalue weighted by atomic mass is 16.5. The van der Waals surface area contributed by atoms with Crippen LogP contribution in [0.15, 0.2) is 71.3 Å². The van der Waals surface area contributed by atoms with Gasteiger partial charge in [-0.1, -0.05) is 49.7 Å². The zero-order valence-corrected chi connectivity index (χ0v) is 12.8. The summed E-state index contributed by atoms with van der Waals surface area (Å²) in [5.74, 6) is 1.83. The Morgan fingerprint density at radius 3 is 2.05 bits per heavy atom. The Morgan fingerprint density at radius 1 is 0.818 bits per heavy atom. The second kappa shape index (κ2) is 6.99. The predicted octanol–water partition coefficient (Wildman–Crippen LogP) is 5.79. The van der Waals surface area contributed by atoms with Crippen molar-refractivity contribution in [3.05, 3.63) is 66.9 Å². The first-order valence-electron chi connectivity index (χ1n) is 7.74. The summed E-state index contributed by atoms with van der Waals surface area (Å²) in [5, 5.41) is 0. The van der Waals surface area contributed by atoms with Gasteiger partial charge in [-0.3, -0.25) is 0 Å². The van der Waals surface area contributed by atoms with E-state index in [4.69, 9.17) is 9.15 Å². The zero-order chi connectivity index (χ0) is 15.2. The topological polar surface area (TPSA) is 22.4 Å². The van der Waals surface area contributed by atoms with Crippen molar-refractivity contribution >= 4 is 0 Å². The van der Waals surface area contributed by atoms with Crippen LogP contribution in [-0.2, 0) is 0 Å². The number of furan rings is 1. The summed E-state index contributed by atoms with van der Waals surface area (Å²) >= 11 is 0. The Kier molecular flexibility index (Phi) is 4.59. The molecule has 112 valence electrons. The molecule has 0 aliphatic heterocycles. The van der Waals surface area contributed by atoms with Gasteiger partial charge in [-0.25, -0.2) is 0 Å². The molecule has 3 aromatic rings. The highest BCUT2D eigenvalue weighted by molar-refractivity contribution is 5.68. The van der Waals surface area contributed by atoms with Crippen LogP contribution in [0, 0.1) is 0 Å². The maximum atomic E-state index is 5.69. The molecule has 2 heteroatoms. The quantitative estimate of drug-likeness (QED) is 0.536. The molecule has 0 spiro atoms. The first-order valence-corrected chi connectivity index (χ1v) is 7.74. The lowest BCUT2D eigenvalue weighted by Crippen LogP contribution is -1.95. The molecule has 1 aromatic heterocycles. The van der Waals surface area contributed by atoms with Gasteiger partial charge in [0.2, 0.25) is 0 Å². The molecule has 0 unspecified atom stereocenters. The summed E-state index contributed by atoms with van der Waals surface area (Å²) in [5.41, 5.74) is 3.47. The lowest BCUT2D eigenvalue weighted by Gasteiger charge is -2.07. The number of hydrogen-bond donors (Lipinski definition) is 0. The molecule has 0 radical (unpaired) electrons. The number of rotatable bonds is 6. The summed E-state index contributed by atoms with van der Waals surface area (Å²) < 4.78 is 11.1. The molecule has 1 heterocycles. The molecule has 3 rings (SSSR count). The van der Waals surface area contributed by atoms with Gasteiger partial charge >= 0.3 is 0 Å². The Hall–Kier alpha value is -2.48. The summed E-state index contributed by atoms with van der Waals surface area (Å²) in [7, 11) is 0. The van der Waals surface area contributed by atoms with Gasteiger partial charge in [-0.15, -0.1) is 0 Å². The highest BCUT2D eigenvalue weighted by Gasteiger charge is 2.02. The average Bonchev–Trinajstić information content (AvgIpc) is 3.11. The van der Waals surface area contributed by atoms with Gasteiger partial charge in [-0.2, -0.15) is 0 Å². The number of hydrogen-bond acceptors (Lipinski definition) is 2. The fourth-order valence-electron chi connectivity index (χ4n) is 2.35. The van der Waals surface area contributed by atoms with E-state index in [0.29, 0.717) is 0 Å². The van der Waals surface area contributed by atoms with Crippen LogP contribution in [0.3, 0.4) is 0 Å². The predicted molar refractivity (Wildman–Crippen MR) is 90.0 cm³/mol. The molecule has 0 bridgehead atoms. The molecule has 0 aliphatic carbocycles. The molecule has 0 aliphatic rings. The Bertz CT molecular complexity index is 680. The van der Waals surface area contributed by atoms with E-state index in [0.717, 1.165) is 36.5 Å². The van der Waals surface area contributed by atoms with Crippen molar-refractivity contribution in [2.24, 2.45) is 0 Å². The van der Waals surface area contributed by atoms with E-state index < -0.39 is 0 Å². The van der Waals surface area contributed by atoms with Crippen molar-refractivity contribution < 1.29 is 9.15 Å². The number of unbranched alkanes of at least 4 members (excludes halogenated alkanes) is 1. The van der Waals surface area contributed by atoms with Gasteiger partial charge in [0.1, 0.15) is 11.5 Å². The molecule has 0 fully saturated rings. The molecule has 2 nitrogen and oxygen atoms in total. The third kappa shape index (κ3) is 3.40. The Balaban J connectivity index is 1.71. The van der Waals surface area contributed by atoms with Gasteiger partial charge in [0.15, 0.2) is 0 Å². The van der Waals surface area contributed by atoms with Crippen LogP contribution in [0.5, 0.6) is 5.75 Å². The molecule has 0 amide bonds. The van der Waals surface area contributed by atoms with E-state index in [2.05, 4.69) is 43.3 Å². The Morgan fingerprint density at radius 2 is 1.45 bits per heavy atom. The van der Waals surface area contributed by atoms with Gasteiger partial charge in [0.25, 0.3) is 0 Å². The van der Waals surface area contributed by atoms with E-state index in [1.54, 1.807) is 6.26 Å². The second-order valence-corrected chi connectivity index (χ2v) is 5.28. The third-order valence-corrected chi connectivity index (χ3v) is 3.64. The van der Waals surface area contributed by atoms with Crippen molar-refractivity contribution in [1.82, 2.24) is 0 Å². The summed E-state index contributed by atoms with van der Waals surface area (Å²) in [6.45, 7) is 2.95. The third-order valence-electron chi connectivity index (χ3n) is 3.64. The van der Waals surface area contributed by atoms with Crippen LogP contribution in [0.1, 0.15) is 19.8 Å². The first-order chi connectivity index (χ1) is 10.9. The highest BCUT2D eigenvalue weighted by Crippen LogP contribution is 2.26. The normalized spacial score (nSPS) is 10.6. The van der Waals surface area contributed by atoms with Crippen LogP contribution < -0.4 is 4.74 Å².